The van der Waals surface area contributed by atoms with Gasteiger partial charge in [-0.3, -0.25) is 9.69 Å². The van der Waals surface area contributed by atoms with E-state index in [9.17, 15) is 4.79 Å². The third kappa shape index (κ3) is 1.76. The Morgan fingerprint density at radius 3 is 2.93 bits per heavy atom. The number of fused-ring (bicyclic) bond motifs is 1. The topological polar surface area (TPSA) is 32.8 Å². The summed E-state index contributed by atoms with van der Waals surface area (Å²) in [6.07, 6.45) is 3.04. The number of morpholine rings is 1. The lowest BCUT2D eigenvalue weighted by Gasteiger charge is -2.33. The monoisotopic (exact) mass is 210 g/mol. The molecule has 0 N–H and O–H groups in total. The number of likely N-dealkylation sites (N-methyl/N-ethyl adjacent to an activating group) is 1. The first-order valence-electron chi connectivity index (χ1n) is 5.83. The van der Waals surface area contributed by atoms with Crippen molar-refractivity contribution in [3.63, 3.8) is 0 Å². The van der Waals surface area contributed by atoms with E-state index < -0.39 is 0 Å². The van der Waals surface area contributed by atoms with E-state index in [4.69, 9.17) is 4.74 Å². The summed E-state index contributed by atoms with van der Waals surface area (Å²) in [5.74, 6) is 1.05. The Kier molecular flexibility index (Phi) is 2.21. The van der Waals surface area contributed by atoms with Crippen LogP contribution in [0.4, 0.5) is 0 Å². The molecule has 0 radical (unpaired) electrons. The molecule has 3 rings (SSSR count). The zero-order valence-corrected chi connectivity index (χ0v) is 9.19. The molecule has 15 heavy (non-hydrogen) atoms. The van der Waals surface area contributed by atoms with Crippen LogP contribution in [0.5, 0.6) is 0 Å². The Morgan fingerprint density at radius 2 is 2.20 bits per heavy atom. The highest BCUT2D eigenvalue weighted by atomic mass is 16.5. The van der Waals surface area contributed by atoms with Crippen molar-refractivity contribution in [2.75, 3.05) is 33.3 Å². The van der Waals surface area contributed by atoms with E-state index >= 15 is 0 Å². The molecule has 1 amide bonds. The van der Waals surface area contributed by atoms with Crippen LogP contribution in [0, 0.1) is 5.92 Å². The summed E-state index contributed by atoms with van der Waals surface area (Å²) in [4.78, 5) is 15.8. The largest absolute Gasteiger partial charge is 0.365 e. The summed E-state index contributed by atoms with van der Waals surface area (Å²) in [6, 6.07) is 0.296. The van der Waals surface area contributed by atoms with E-state index in [2.05, 4.69) is 4.90 Å². The Bertz CT molecular complexity index is 278. The molecular weight excluding hydrogens is 192 g/mol. The SMILES string of the molecule is CN1C(=O)CO[C@H]2CN(CC3CC3)C[C@H]21. The minimum atomic E-state index is 0.129. The number of ether oxygens (including phenoxy) is 1. The van der Waals surface area contributed by atoms with Gasteiger partial charge in [0.15, 0.2) is 0 Å². The summed E-state index contributed by atoms with van der Waals surface area (Å²) in [5, 5.41) is 0. The first kappa shape index (κ1) is 9.60. The standard InChI is InChI=1S/C11H18N2O2/c1-12-9-5-13(4-8-2-3-8)6-10(9)15-7-11(12)14/h8-10H,2-7H2,1H3/t9-,10+/m1/s1. The first-order valence-corrected chi connectivity index (χ1v) is 5.83. The molecule has 2 heterocycles. The van der Waals surface area contributed by atoms with E-state index in [1.807, 2.05) is 11.9 Å². The van der Waals surface area contributed by atoms with Gasteiger partial charge in [-0.15, -0.1) is 0 Å². The predicted molar refractivity (Wildman–Crippen MR) is 55.5 cm³/mol. The summed E-state index contributed by atoms with van der Waals surface area (Å²) in [7, 11) is 1.91. The number of hydrogen-bond donors (Lipinski definition) is 0. The molecule has 0 aromatic rings. The van der Waals surface area contributed by atoms with Gasteiger partial charge in [0, 0.05) is 26.7 Å². The number of hydrogen-bond acceptors (Lipinski definition) is 3. The molecule has 4 heteroatoms. The molecular formula is C11H18N2O2. The number of likely N-dealkylation sites (tertiary alicyclic amines) is 1. The summed E-state index contributed by atoms with van der Waals surface area (Å²) >= 11 is 0. The zero-order chi connectivity index (χ0) is 10.4. The minimum Gasteiger partial charge on any atom is -0.365 e. The van der Waals surface area contributed by atoms with Crippen molar-refractivity contribution in [2.24, 2.45) is 5.92 Å². The molecule has 0 aromatic heterocycles. The molecule has 0 unspecified atom stereocenters. The number of carbonyl (C=O) groups is 1. The van der Waals surface area contributed by atoms with Gasteiger partial charge in [0.25, 0.3) is 0 Å². The Labute approximate surface area is 90.2 Å². The van der Waals surface area contributed by atoms with Gasteiger partial charge in [0.1, 0.15) is 6.61 Å². The average Bonchev–Trinajstić information content (AvgIpc) is 2.91. The summed E-state index contributed by atoms with van der Waals surface area (Å²) < 4.78 is 5.58. The van der Waals surface area contributed by atoms with Crippen LogP contribution in [-0.2, 0) is 9.53 Å². The van der Waals surface area contributed by atoms with Gasteiger partial charge in [0.2, 0.25) is 5.91 Å². The van der Waals surface area contributed by atoms with Gasteiger partial charge in [-0.2, -0.15) is 0 Å². The molecule has 4 nitrogen and oxygen atoms in total. The second kappa shape index (κ2) is 3.46. The van der Waals surface area contributed by atoms with Crippen molar-refractivity contribution in [1.82, 2.24) is 9.80 Å². The van der Waals surface area contributed by atoms with Crippen molar-refractivity contribution in [1.29, 1.82) is 0 Å². The van der Waals surface area contributed by atoms with Crippen LogP contribution in [0.25, 0.3) is 0 Å². The van der Waals surface area contributed by atoms with Gasteiger partial charge in [0.05, 0.1) is 12.1 Å². The second-order valence-electron chi connectivity index (χ2n) is 5.08. The fourth-order valence-electron chi connectivity index (χ4n) is 2.65. The number of nitrogens with zero attached hydrogens (tertiary/aromatic N) is 2. The quantitative estimate of drug-likeness (QED) is 0.640. The highest BCUT2D eigenvalue weighted by Gasteiger charge is 2.42. The lowest BCUT2D eigenvalue weighted by molar-refractivity contribution is -0.150. The van der Waals surface area contributed by atoms with Gasteiger partial charge in [-0.1, -0.05) is 0 Å². The van der Waals surface area contributed by atoms with Gasteiger partial charge >= 0.3 is 0 Å². The van der Waals surface area contributed by atoms with E-state index in [0.29, 0.717) is 6.04 Å². The maximum atomic E-state index is 11.5. The van der Waals surface area contributed by atoms with Crippen LogP contribution in [0.2, 0.25) is 0 Å². The molecule has 1 saturated carbocycles. The fourth-order valence-corrected chi connectivity index (χ4v) is 2.65. The average molecular weight is 210 g/mol. The lowest BCUT2D eigenvalue weighted by Crippen LogP contribution is -2.51. The highest BCUT2D eigenvalue weighted by Crippen LogP contribution is 2.32. The normalized spacial score (nSPS) is 37.1. The van der Waals surface area contributed by atoms with Gasteiger partial charge in [-0.25, -0.2) is 0 Å². The summed E-state index contributed by atoms with van der Waals surface area (Å²) in [5.41, 5.74) is 0. The van der Waals surface area contributed by atoms with E-state index in [1.165, 1.54) is 19.4 Å². The molecule has 3 aliphatic rings. The third-order valence-corrected chi connectivity index (χ3v) is 3.84. The molecule has 1 aliphatic carbocycles. The third-order valence-electron chi connectivity index (χ3n) is 3.84. The van der Waals surface area contributed by atoms with Crippen molar-refractivity contribution in [2.45, 2.75) is 25.0 Å². The number of rotatable bonds is 2. The maximum Gasteiger partial charge on any atom is 0.248 e. The van der Waals surface area contributed by atoms with E-state index in [1.54, 1.807) is 0 Å². The lowest BCUT2D eigenvalue weighted by atomic mass is 10.1. The van der Waals surface area contributed by atoms with Crippen molar-refractivity contribution in [3.8, 4) is 0 Å². The Hall–Kier alpha value is -0.610. The predicted octanol–water partition coefficient (Wildman–Crippen LogP) is -0.0622. The summed E-state index contributed by atoms with van der Waals surface area (Å²) in [6.45, 7) is 3.50. The van der Waals surface area contributed by atoms with Crippen LogP contribution in [0.1, 0.15) is 12.8 Å². The molecule has 0 spiro atoms. The van der Waals surface area contributed by atoms with Crippen molar-refractivity contribution in [3.05, 3.63) is 0 Å². The molecule has 0 aromatic carbocycles. The van der Waals surface area contributed by atoms with Crippen LogP contribution < -0.4 is 0 Å². The Balaban J connectivity index is 1.63. The molecule has 2 aliphatic heterocycles. The van der Waals surface area contributed by atoms with Crippen LogP contribution in [0.15, 0.2) is 0 Å². The van der Waals surface area contributed by atoms with Crippen molar-refractivity contribution >= 4 is 5.91 Å². The fraction of sp³-hybridized carbons (Fsp3) is 0.909. The van der Waals surface area contributed by atoms with Crippen LogP contribution in [-0.4, -0.2) is 61.1 Å². The van der Waals surface area contributed by atoms with Gasteiger partial charge in [-0.05, 0) is 18.8 Å². The molecule has 0 bridgehead atoms. The van der Waals surface area contributed by atoms with E-state index in [0.717, 1.165) is 19.0 Å². The molecule has 3 fully saturated rings. The highest BCUT2D eigenvalue weighted by molar-refractivity contribution is 5.78. The molecule has 2 atom stereocenters. The molecule has 2 saturated heterocycles. The molecule has 84 valence electrons. The number of amides is 1. The van der Waals surface area contributed by atoms with E-state index in [-0.39, 0.29) is 18.6 Å². The van der Waals surface area contributed by atoms with Crippen LogP contribution in [0.3, 0.4) is 0 Å². The zero-order valence-electron chi connectivity index (χ0n) is 9.19. The maximum absolute atomic E-state index is 11.5. The van der Waals surface area contributed by atoms with Crippen molar-refractivity contribution < 1.29 is 9.53 Å². The van der Waals surface area contributed by atoms with Crippen LogP contribution >= 0.6 is 0 Å². The van der Waals surface area contributed by atoms with Gasteiger partial charge < -0.3 is 9.64 Å². The number of carbonyl (C=O) groups excluding carboxylic acids is 1. The first-order chi connectivity index (χ1) is 7.24. The Morgan fingerprint density at radius 1 is 1.40 bits per heavy atom. The second-order valence-corrected chi connectivity index (χ2v) is 5.08. The minimum absolute atomic E-state index is 0.129. The smallest absolute Gasteiger partial charge is 0.248 e.